The fourth-order valence-electron chi connectivity index (χ4n) is 4.95. The molecular weight excluding hydrogens is 508 g/mol. The largest absolute Gasteiger partial charge is 0.493 e. The van der Waals surface area contributed by atoms with Crippen LogP contribution >= 0.6 is 15.9 Å². The van der Waals surface area contributed by atoms with Gasteiger partial charge in [-0.2, -0.15) is 4.98 Å². The number of fused-ring (bicyclic) bond motifs is 1. The zero-order valence-corrected chi connectivity index (χ0v) is 21.7. The van der Waals surface area contributed by atoms with Gasteiger partial charge in [-0.1, -0.05) is 19.3 Å². The lowest BCUT2D eigenvalue weighted by atomic mass is 9.90. The lowest BCUT2D eigenvalue weighted by molar-refractivity contribution is 0.209. The Kier molecular flexibility index (Phi) is 7.53. The molecule has 186 valence electrons. The van der Waals surface area contributed by atoms with Crippen molar-refractivity contribution in [2.24, 2.45) is 5.92 Å². The van der Waals surface area contributed by atoms with Crippen LogP contribution in [0.2, 0.25) is 0 Å². The van der Waals surface area contributed by atoms with Crippen molar-refractivity contribution < 1.29 is 4.74 Å². The number of anilines is 3. The molecule has 3 aromatic rings. The maximum atomic E-state index is 12.7. The van der Waals surface area contributed by atoms with E-state index < -0.39 is 0 Å². The molecule has 8 nitrogen and oxygen atoms in total. The summed E-state index contributed by atoms with van der Waals surface area (Å²) < 4.78 is 6.76. The Morgan fingerprint density at radius 2 is 1.83 bits per heavy atom. The van der Waals surface area contributed by atoms with Crippen LogP contribution in [0.4, 0.5) is 17.5 Å². The van der Waals surface area contributed by atoms with Crippen LogP contribution in [0.3, 0.4) is 0 Å². The second-order valence-electron chi connectivity index (χ2n) is 9.77. The number of ether oxygens (including phenoxy) is 1. The Bertz CT molecular complexity index is 1200. The minimum atomic E-state index is -0.232. The van der Waals surface area contributed by atoms with E-state index in [1.54, 1.807) is 6.20 Å². The first-order chi connectivity index (χ1) is 17.0. The van der Waals surface area contributed by atoms with E-state index in [1.807, 2.05) is 24.3 Å². The summed E-state index contributed by atoms with van der Waals surface area (Å²) in [6.07, 6.45) is 10.2. The molecule has 1 saturated carbocycles. The quantitative estimate of drug-likeness (QED) is 0.374. The summed E-state index contributed by atoms with van der Waals surface area (Å²) in [7, 11) is 2.14. The molecule has 0 bridgehead atoms. The van der Waals surface area contributed by atoms with E-state index in [0.717, 1.165) is 48.4 Å². The number of hydrogen-bond donors (Lipinski definition) is 3. The number of nitrogens with zero attached hydrogens (tertiary/aromatic N) is 3. The van der Waals surface area contributed by atoms with Gasteiger partial charge in [-0.15, -0.1) is 0 Å². The molecule has 2 aliphatic rings. The predicted molar refractivity (Wildman–Crippen MR) is 144 cm³/mol. The third kappa shape index (κ3) is 5.95. The smallest absolute Gasteiger partial charge is 0.261 e. The molecule has 3 heterocycles. The zero-order chi connectivity index (χ0) is 24.2. The molecule has 0 atom stereocenters. The van der Waals surface area contributed by atoms with Gasteiger partial charge in [0.05, 0.1) is 16.6 Å². The lowest BCUT2D eigenvalue weighted by Crippen LogP contribution is -2.37. The van der Waals surface area contributed by atoms with Crippen molar-refractivity contribution in [3.05, 3.63) is 45.3 Å². The van der Waals surface area contributed by atoms with Crippen LogP contribution in [0.1, 0.15) is 44.9 Å². The molecule has 0 spiro atoms. The molecule has 9 heteroatoms. The molecule has 0 radical (unpaired) electrons. The van der Waals surface area contributed by atoms with Gasteiger partial charge in [0.15, 0.2) is 0 Å². The third-order valence-electron chi connectivity index (χ3n) is 7.07. The number of H-pyrrole nitrogens is 1. The van der Waals surface area contributed by atoms with Crippen LogP contribution in [0.5, 0.6) is 5.75 Å². The molecular formula is C26H33BrN6O2. The van der Waals surface area contributed by atoms with E-state index in [9.17, 15) is 4.79 Å². The van der Waals surface area contributed by atoms with Crippen molar-refractivity contribution >= 4 is 44.3 Å². The summed E-state index contributed by atoms with van der Waals surface area (Å²) in [5.74, 6) is 2.52. The Morgan fingerprint density at radius 1 is 1.09 bits per heavy atom. The molecule has 3 N–H and O–H groups in total. The fourth-order valence-corrected chi connectivity index (χ4v) is 5.35. The molecule has 0 unspecified atom stereocenters. The van der Waals surface area contributed by atoms with E-state index in [-0.39, 0.29) is 5.56 Å². The molecule has 2 aromatic heterocycles. The number of pyridine rings is 1. The number of likely N-dealkylation sites (tertiary alicyclic amines) is 1. The van der Waals surface area contributed by atoms with Crippen molar-refractivity contribution in [3.8, 4) is 5.75 Å². The van der Waals surface area contributed by atoms with Gasteiger partial charge >= 0.3 is 0 Å². The van der Waals surface area contributed by atoms with Crippen LogP contribution < -0.4 is 20.9 Å². The second-order valence-corrected chi connectivity index (χ2v) is 10.6. The highest BCUT2D eigenvalue weighted by atomic mass is 79.9. The first-order valence-electron chi connectivity index (χ1n) is 12.6. The Hall–Kier alpha value is -2.65. The molecule has 1 saturated heterocycles. The maximum Gasteiger partial charge on any atom is 0.261 e. The van der Waals surface area contributed by atoms with Gasteiger partial charge in [-0.3, -0.25) is 4.79 Å². The molecule has 5 rings (SSSR count). The predicted octanol–water partition coefficient (Wildman–Crippen LogP) is 5.29. The van der Waals surface area contributed by atoms with Gasteiger partial charge < -0.3 is 25.3 Å². The lowest BCUT2D eigenvalue weighted by Gasteiger charge is -2.29. The van der Waals surface area contributed by atoms with E-state index in [4.69, 9.17) is 9.72 Å². The van der Waals surface area contributed by atoms with Crippen LogP contribution in [0.15, 0.2) is 39.7 Å². The number of benzene rings is 1. The zero-order valence-electron chi connectivity index (χ0n) is 20.1. The maximum absolute atomic E-state index is 12.7. The van der Waals surface area contributed by atoms with Crippen molar-refractivity contribution in [1.82, 2.24) is 19.9 Å². The Balaban J connectivity index is 1.35. The number of rotatable bonds is 7. The number of hydrogen-bond acceptors (Lipinski definition) is 7. The fraction of sp³-hybridized carbons (Fsp3) is 0.500. The summed E-state index contributed by atoms with van der Waals surface area (Å²) in [6, 6.07) is 8.15. The monoisotopic (exact) mass is 540 g/mol. The molecule has 2 fully saturated rings. The summed E-state index contributed by atoms with van der Waals surface area (Å²) in [5, 5.41) is 7.24. The highest BCUT2D eigenvalue weighted by molar-refractivity contribution is 9.10. The van der Waals surface area contributed by atoms with Crippen LogP contribution in [-0.4, -0.2) is 52.6 Å². The first-order valence-corrected chi connectivity index (χ1v) is 13.4. The van der Waals surface area contributed by atoms with Gasteiger partial charge in [0.1, 0.15) is 17.0 Å². The van der Waals surface area contributed by atoms with Crippen LogP contribution in [0.25, 0.3) is 10.9 Å². The topological polar surface area (TPSA) is 95.2 Å². The van der Waals surface area contributed by atoms with Gasteiger partial charge in [0.25, 0.3) is 5.56 Å². The van der Waals surface area contributed by atoms with Gasteiger partial charge in [0, 0.05) is 17.9 Å². The van der Waals surface area contributed by atoms with Crippen molar-refractivity contribution in [2.75, 3.05) is 37.4 Å². The first kappa shape index (κ1) is 24.1. The molecule has 35 heavy (non-hydrogen) atoms. The Labute approximate surface area is 214 Å². The van der Waals surface area contributed by atoms with Gasteiger partial charge in [-0.25, -0.2) is 4.98 Å². The van der Waals surface area contributed by atoms with Crippen LogP contribution in [-0.2, 0) is 0 Å². The average molecular weight is 541 g/mol. The summed E-state index contributed by atoms with van der Waals surface area (Å²) >= 11 is 3.54. The Morgan fingerprint density at radius 3 is 2.57 bits per heavy atom. The summed E-state index contributed by atoms with van der Waals surface area (Å²) in [6.45, 7) is 2.85. The van der Waals surface area contributed by atoms with E-state index in [0.29, 0.717) is 34.6 Å². The molecule has 1 aliphatic carbocycles. The standard InChI is InChI=1S/C26H33BrN6O2/c1-33-13-11-19(12-14-33)30-26-31-23-21(27)15-28-25(34)22(23)24(32-26)29-18-7-9-20(10-8-18)35-16-17-5-3-2-4-6-17/h7-10,15,17,19H,2-6,11-14,16H2,1H3,(H,28,34)(H2,29,30,31,32). The van der Waals surface area contributed by atoms with E-state index in [2.05, 4.69) is 48.5 Å². The minimum Gasteiger partial charge on any atom is -0.493 e. The van der Waals surface area contributed by atoms with Crippen LogP contribution in [0, 0.1) is 5.92 Å². The van der Waals surface area contributed by atoms with Gasteiger partial charge in [0.2, 0.25) is 5.95 Å². The highest BCUT2D eigenvalue weighted by Gasteiger charge is 2.20. The number of aromatic amines is 1. The molecule has 1 aromatic carbocycles. The van der Waals surface area contributed by atoms with Crippen molar-refractivity contribution in [1.29, 1.82) is 0 Å². The minimum absolute atomic E-state index is 0.232. The van der Waals surface area contributed by atoms with E-state index >= 15 is 0 Å². The number of aromatic nitrogens is 3. The molecule has 0 amide bonds. The van der Waals surface area contributed by atoms with Gasteiger partial charge in [-0.05, 0) is 91.9 Å². The van der Waals surface area contributed by atoms with Crippen molar-refractivity contribution in [2.45, 2.75) is 51.0 Å². The molecule has 1 aliphatic heterocycles. The summed E-state index contributed by atoms with van der Waals surface area (Å²) in [4.78, 5) is 27.2. The normalized spacial score (nSPS) is 18.0. The summed E-state index contributed by atoms with van der Waals surface area (Å²) in [5.41, 5.74) is 1.18. The number of nitrogens with one attached hydrogen (secondary N) is 3. The highest BCUT2D eigenvalue weighted by Crippen LogP contribution is 2.29. The SMILES string of the molecule is CN1CCC(Nc2nc(Nc3ccc(OCC4CCCCC4)cc3)c3c(=O)[nH]cc(Br)c3n2)CC1. The van der Waals surface area contributed by atoms with E-state index in [1.165, 1.54) is 32.1 Å². The average Bonchev–Trinajstić information content (AvgIpc) is 2.88. The number of piperidine rings is 1. The third-order valence-corrected chi connectivity index (χ3v) is 7.68. The second kappa shape index (κ2) is 11.0. The van der Waals surface area contributed by atoms with Crippen molar-refractivity contribution in [3.63, 3.8) is 0 Å². The number of halogens is 1.